The second-order valence-electron chi connectivity index (χ2n) is 5.34. The Labute approximate surface area is 124 Å². The maximum atomic E-state index is 13.7. The summed E-state index contributed by atoms with van der Waals surface area (Å²) in [5.41, 5.74) is 0.509. The minimum Gasteiger partial charge on any atom is -0.340 e. The minimum atomic E-state index is -0.293. The molecule has 0 aliphatic carbocycles. The molecule has 110 valence electrons. The van der Waals surface area contributed by atoms with Gasteiger partial charge in [-0.25, -0.2) is 4.39 Å². The topological polar surface area (TPSA) is 32.3 Å². The van der Waals surface area contributed by atoms with Crippen LogP contribution in [-0.4, -0.2) is 37.0 Å². The maximum absolute atomic E-state index is 13.7. The Morgan fingerprint density at radius 2 is 2.15 bits per heavy atom. The molecular formula is C15H20ClFN2O. The Kier molecular flexibility index (Phi) is 5.38. The predicted octanol–water partition coefficient (Wildman–Crippen LogP) is 2.48. The molecule has 1 unspecified atom stereocenters. The van der Waals surface area contributed by atoms with Crippen molar-refractivity contribution in [3.8, 4) is 0 Å². The number of rotatable bonds is 4. The van der Waals surface area contributed by atoms with Gasteiger partial charge < -0.3 is 10.2 Å². The lowest BCUT2D eigenvalue weighted by Gasteiger charge is -2.28. The van der Waals surface area contributed by atoms with Gasteiger partial charge in [-0.3, -0.25) is 4.79 Å². The van der Waals surface area contributed by atoms with Crippen molar-refractivity contribution < 1.29 is 9.18 Å². The number of amides is 1. The molecule has 0 saturated carbocycles. The predicted molar refractivity (Wildman–Crippen MR) is 78.3 cm³/mol. The smallest absolute Gasteiger partial charge is 0.222 e. The Balaban J connectivity index is 1.91. The van der Waals surface area contributed by atoms with Gasteiger partial charge >= 0.3 is 0 Å². The summed E-state index contributed by atoms with van der Waals surface area (Å²) < 4.78 is 13.7. The standard InChI is InChI=1S/C15H20ClFN2O/c1-11(9-12-13(16)3-2-4-14(12)17)10-15(20)19-7-5-18-6-8-19/h2-4,11,18H,5-10H2,1H3. The Morgan fingerprint density at radius 3 is 2.80 bits per heavy atom. The molecule has 3 nitrogen and oxygen atoms in total. The molecule has 1 aliphatic heterocycles. The van der Waals surface area contributed by atoms with Gasteiger partial charge in [0.2, 0.25) is 5.91 Å². The van der Waals surface area contributed by atoms with E-state index in [9.17, 15) is 9.18 Å². The van der Waals surface area contributed by atoms with E-state index in [0.29, 0.717) is 23.4 Å². The van der Waals surface area contributed by atoms with Crippen molar-refractivity contribution in [1.29, 1.82) is 0 Å². The number of hydrogen-bond acceptors (Lipinski definition) is 2. The van der Waals surface area contributed by atoms with E-state index in [1.807, 2.05) is 11.8 Å². The summed E-state index contributed by atoms with van der Waals surface area (Å²) in [6.45, 7) is 5.17. The van der Waals surface area contributed by atoms with E-state index in [0.717, 1.165) is 26.2 Å². The highest BCUT2D eigenvalue weighted by Crippen LogP contribution is 2.23. The zero-order valence-electron chi connectivity index (χ0n) is 11.7. The molecule has 5 heteroatoms. The van der Waals surface area contributed by atoms with Gasteiger partial charge in [0.25, 0.3) is 0 Å². The molecule has 1 heterocycles. The molecule has 20 heavy (non-hydrogen) atoms. The summed E-state index contributed by atoms with van der Waals surface area (Å²) in [7, 11) is 0. The average molecular weight is 299 g/mol. The Bertz CT molecular complexity index is 455. The normalized spacial score (nSPS) is 17.1. The number of piperazine rings is 1. The van der Waals surface area contributed by atoms with Crippen molar-refractivity contribution in [1.82, 2.24) is 10.2 Å². The van der Waals surface area contributed by atoms with Crippen LogP contribution in [0.15, 0.2) is 18.2 Å². The van der Waals surface area contributed by atoms with Crippen molar-refractivity contribution in [3.05, 3.63) is 34.6 Å². The van der Waals surface area contributed by atoms with E-state index in [-0.39, 0.29) is 17.6 Å². The van der Waals surface area contributed by atoms with Crippen LogP contribution in [0.5, 0.6) is 0 Å². The molecule has 1 amide bonds. The SMILES string of the molecule is CC(CC(=O)N1CCNCC1)Cc1c(F)cccc1Cl. The van der Waals surface area contributed by atoms with Crippen LogP contribution in [0.3, 0.4) is 0 Å². The molecule has 0 spiro atoms. The fourth-order valence-corrected chi connectivity index (χ4v) is 2.73. The van der Waals surface area contributed by atoms with Crippen molar-refractivity contribution in [3.63, 3.8) is 0 Å². The van der Waals surface area contributed by atoms with Crippen molar-refractivity contribution in [2.75, 3.05) is 26.2 Å². The third-order valence-corrected chi connectivity index (χ3v) is 3.96. The molecule has 0 bridgehead atoms. The lowest BCUT2D eigenvalue weighted by molar-refractivity contribution is -0.132. The van der Waals surface area contributed by atoms with Crippen LogP contribution in [0.4, 0.5) is 4.39 Å². The van der Waals surface area contributed by atoms with E-state index < -0.39 is 0 Å². The monoisotopic (exact) mass is 298 g/mol. The fraction of sp³-hybridized carbons (Fsp3) is 0.533. The minimum absolute atomic E-state index is 0.0757. The number of carbonyl (C=O) groups is 1. The van der Waals surface area contributed by atoms with Gasteiger partial charge in [-0.2, -0.15) is 0 Å². The number of halogens is 2. The first-order chi connectivity index (χ1) is 9.58. The molecule has 1 aliphatic rings. The van der Waals surface area contributed by atoms with Gasteiger partial charge in [-0.15, -0.1) is 0 Å². The van der Waals surface area contributed by atoms with Crippen molar-refractivity contribution in [2.45, 2.75) is 19.8 Å². The number of carbonyl (C=O) groups excluding carboxylic acids is 1. The van der Waals surface area contributed by atoms with Crippen LogP contribution in [0.25, 0.3) is 0 Å². The highest BCUT2D eigenvalue weighted by molar-refractivity contribution is 6.31. The van der Waals surface area contributed by atoms with E-state index >= 15 is 0 Å². The van der Waals surface area contributed by atoms with Gasteiger partial charge in [0.15, 0.2) is 0 Å². The summed E-state index contributed by atoms with van der Waals surface area (Å²) in [6.07, 6.45) is 0.925. The molecule has 1 saturated heterocycles. The summed E-state index contributed by atoms with van der Waals surface area (Å²) in [4.78, 5) is 14.0. The summed E-state index contributed by atoms with van der Waals surface area (Å²) in [5, 5.41) is 3.65. The van der Waals surface area contributed by atoms with Gasteiger partial charge in [-0.1, -0.05) is 24.6 Å². The molecule has 1 N–H and O–H groups in total. The number of benzene rings is 1. The highest BCUT2D eigenvalue weighted by Gasteiger charge is 2.20. The number of nitrogens with one attached hydrogen (secondary N) is 1. The van der Waals surface area contributed by atoms with E-state index in [1.165, 1.54) is 6.07 Å². The Hall–Kier alpha value is -1.13. The molecule has 1 aromatic carbocycles. The lowest BCUT2D eigenvalue weighted by atomic mass is 9.97. The van der Waals surface area contributed by atoms with Crippen LogP contribution in [-0.2, 0) is 11.2 Å². The lowest BCUT2D eigenvalue weighted by Crippen LogP contribution is -2.46. The molecule has 2 rings (SSSR count). The van der Waals surface area contributed by atoms with Gasteiger partial charge in [0, 0.05) is 43.2 Å². The van der Waals surface area contributed by atoms with Gasteiger partial charge in [0.1, 0.15) is 5.82 Å². The number of hydrogen-bond donors (Lipinski definition) is 1. The van der Waals surface area contributed by atoms with Gasteiger partial charge in [-0.05, 0) is 24.5 Å². The zero-order chi connectivity index (χ0) is 14.5. The molecular weight excluding hydrogens is 279 g/mol. The number of nitrogens with zero attached hydrogens (tertiary/aromatic N) is 1. The second-order valence-corrected chi connectivity index (χ2v) is 5.75. The average Bonchev–Trinajstić information content (AvgIpc) is 2.44. The van der Waals surface area contributed by atoms with Crippen molar-refractivity contribution in [2.24, 2.45) is 5.92 Å². The van der Waals surface area contributed by atoms with Crippen LogP contribution in [0.1, 0.15) is 18.9 Å². The Morgan fingerprint density at radius 1 is 1.45 bits per heavy atom. The van der Waals surface area contributed by atoms with Crippen LogP contribution in [0.2, 0.25) is 5.02 Å². The van der Waals surface area contributed by atoms with E-state index in [2.05, 4.69) is 5.32 Å². The zero-order valence-corrected chi connectivity index (χ0v) is 12.4. The summed E-state index contributed by atoms with van der Waals surface area (Å²) >= 11 is 6.02. The molecule has 0 radical (unpaired) electrons. The summed E-state index contributed by atoms with van der Waals surface area (Å²) in [6, 6.07) is 4.69. The van der Waals surface area contributed by atoms with E-state index in [1.54, 1.807) is 12.1 Å². The molecule has 1 fully saturated rings. The third kappa shape index (κ3) is 3.93. The van der Waals surface area contributed by atoms with Crippen LogP contribution in [0, 0.1) is 11.7 Å². The van der Waals surface area contributed by atoms with Gasteiger partial charge in [0.05, 0.1) is 0 Å². The fourth-order valence-electron chi connectivity index (χ4n) is 2.49. The first-order valence-electron chi connectivity index (χ1n) is 6.99. The van der Waals surface area contributed by atoms with Crippen LogP contribution >= 0.6 is 11.6 Å². The highest BCUT2D eigenvalue weighted by atomic mass is 35.5. The second kappa shape index (κ2) is 7.04. The molecule has 1 aromatic rings. The van der Waals surface area contributed by atoms with E-state index in [4.69, 9.17) is 11.6 Å². The largest absolute Gasteiger partial charge is 0.340 e. The maximum Gasteiger partial charge on any atom is 0.222 e. The molecule has 0 aromatic heterocycles. The third-order valence-electron chi connectivity index (χ3n) is 3.61. The summed E-state index contributed by atoms with van der Waals surface area (Å²) in [5.74, 6) is -0.0720. The first kappa shape index (κ1) is 15.3. The van der Waals surface area contributed by atoms with Crippen molar-refractivity contribution >= 4 is 17.5 Å². The van der Waals surface area contributed by atoms with Crippen LogP contribution < -0.4 is 5.32 Å². The molecule has 1 atom stereocenters. The first-order valence-corrected chi connectivity index (χ1v) is 7.37. The quantitative estimate of drug-likeness (QED) is 0.926.